The lowest BCUT2D eigenvalue weighted by atomic mass is 10.2. The third-order valence-corrected chi connectivity index (χ3v) is 4.03. The predicted octanol–water partition coefficient (Wildman–Crippen LogP) is -0.632. The zero-order chi connectivity index (χ0) is 20.9. The molecule has 8 heteroatoms. The first kappa shape index (κ1) is 20.7. The van der Waals surface area contributed by atoms with Gasteiger partial charge in [-0.3, -0.25) is 0 Å². The molecule has 7 nitrogen and oxygen atoms in total. The van der Waals surface area contributed by atoms with E-state index in [1.54, 1.807) is 0 Å². The maximum atomic E-state index is 8.49. The minimum atomic E-state index is -4.94. The molecule has 0 saturated carbocycles. The van der Waals surface area contributed by atoms with Crippen molar-refractivity contribution in [2.75, 3.05) is 0 Å². The Hall–Kier alpha value is -3.07. The van der Waals surface area contributed by atoms with Gasteiger partial charge in [0, 0.05) is 12.0 Å². The van der Waals surface area contributed by atoms with E-state index in [4.69, 9.17) is 23.7 Å². The number of para-hydroxylation sites is 2. The Bertz CT molecular complexity index is 1040. The second kappa shape index (κ2) is 8.95. The van der Waals surface area contributed by atoms with E-state index in [1.165, 1.54) is 0 Å². The summed E-state index contributed by atoms with van der Waals surface area (Å²) < 4.78 is 38.2. The van der Waals surface area contributed by atoms with Crippen LogP contribution < -0.4 is 23.2 Å². The third kappa shape index (κ3) is 5.47. The molecule has 4 rings (SSSR count). The van der Waals surface area contributed by atoms with Crippen LogP contribution >= 0.6 is 0 Å². The van der Waals surface area contributed by atoms with E-state index in [9.17, 15) is 0 Å². The number of nitrogens with zero attached hydrogens (tertiary/aromatic N) is 3. The Labute approximate surface area is 170 Å². The van der Waals surface area contributed by atoms with Gasteiger partial charge in [-0.15, -0.1) is 10.2 Å². The molecule has 0 aliphatic rings. The van der Waals surface area contributed by atoms with Crippen LogP contribution in [0.2, 0.25) is 0 Å². The first-order valence-corrected chi connectivity index (χ1v) is 9.88. The van der Waals surface area contributed by atoms with Crippen molar-refractivity contribution < 1.29 is 33.4 Å². The van der Waals surface area contributed by atoms with Crippen molar-refractivity contribution in [1.82, 2.24) is 9.78 Å². The summed E-state index contributed by atoms with van der Waals surface area (Å²) in [6.45, 7) is 2.04. The van der Waals surface area contributed by atoms with Crippen LogP contribution in [0.25, 0.3) is 22.8 Å². The Kier molecular flexibility index (Phi) is 6.38. The highest BCUT2D eigenvalue weighted by Gasteiger charge is 2.26. The van der Waals surface area contributed by atoms with Gasteiger partial charge in [-0.05, 0) is 36.4 Å². The molecule has 4 aromatic rings. The maximum Gasteiger partial charge on any atom is 0.280 e. The summed E-state index contributed by atoms with van der Waals surface area (Å²) in [6.07, 6.45) is 0. The normalized spacial score (nSPS) is 10.9. The number of hydrogen-bond acceptors (Lipinski definition) is 5. The van der Waals surface area contributed by atoms with Crippen LogP contribution in [0, 0.1) is 17.2 Å². The number of aromatic nitrogens is 3. The van der Waals surface area contributed by atoms with Gasteiger partial charge in [0.25, 0.3) is 11.6 Å². The zero-order valence-corrected chi connectivity index (χ0v) is 16.3. The van der Waals surface area contributed by atoms with Gasteiger partial charge in [-0.25, -0.2) is 18.6 Å². The fourth-order valence-electron chi connectivity index (χ4n) is 2.96. The number of halogens is 1. The molecule has 3 aromatic carbocycles. The van der Waals surface area contributed by atoms with Gasteiger partial charge < -0.3 is 0 Å². The molecule has 0 bridgehead atoms. The van der Waals surface area contributed by atoms with Gasteiger partial charge >= 0.3 is 0 Å². The van der Waals surface area contributed by atoms with Crippen molar-refractivity contribution in [3.05, 3.63) is 96.8 Å². The molecule has 0 spiro atoms. The summed E-state index contributed by atoms with van der Waals surface area (Å²) >= 11 is 0. The monoisotopic (exact) mass is 411 g/mol. The molecule has 0 aliphatic heterocycles. The summed E-state index contributed by atoms with van der Waals surface area (Å²) in [6, 6.07) is 31.0. The minimum Gasteiger partial charge on any atom is -0.222 e. The summed E-state index contributed by atoms with van der Waals surface area (Å²) in [5.74, 6) is 1.99. The third-order valence-electron chi connectivity index (χ3n) is 4.03. The van der Waals surface area contributed by atoms with Gasteiger partial charge in [0.05, 0.1) is 5.56 Å². The summed E-state index contributed by atoms with van der Waals surface area (Å²) in [5, 5.41) is 4.81. The summed E-state index contributed by atoms with van der Waals surface area (Å²) in [7, 11) is -4.94. The topological polar surface area (TPSA) is 114 Å². The Morgan fingerprint density at radius 3 is 1.69 bits per heavy atom. The average molecular weight is 412 g/mol. The molecule has 1 aromatic heterocycles. The lowest BCUT2D eigenvalue weighted by Crippen LogP contribution is -2.68. The minimum absolute atomic E-state index is 0.948. The molecule has 0 aliphatic carbocycles. The van der Waals surface area contributed by atoms with Crippen molar-refractivity contribution in [3.8, 4) is 22.8 Å². The molecule has 0 saturated heterocycles. The molecule has 0 fully saturated rings. The van der Waals surface area contributed by atoms with E-state index in [0.717, 1.165) is 28.6 Å². The van der Waals surface area contributed by atoms with E-state index in [0.29, 0.717) is 0 Å². The zero-order valence-electron chi connectivity index (χ0n) is 15.5. The predicted molar refractivity (Wildman–Crippen MR) is 95.3 cm³/mol. The van der Waals surface area contributed by atoms with E-state index in [2.05, 4.69) is 65.2 Å². The standard InChI is InChI=1S/C21H18N3.ClHO4/c1-17-22-24(20-15-9-4-10-16-20)21(18-11-5-2-6-12-18)23(17)19-13-7-3-8-14-19;2-1(3,4)5/h2-16H,1H3;(H,2,3,4,5)/q+1;/p-1. The van der Waals surface area contributed by atoms with Gasteiger partial charge in [0.15, 0.2) is 0 Å². The van der Waals surface area contributed by atoms with E-state index < -0.39 is 10.2 Å². The van der Waals surface area contributed by atoms with Crippen LogP contribution in [0.1, 0.15) is 5.82 Å². The van der Waals surface area contributed by atoms with Crippen LogP contribution in [0.3, 0.4) is 0 Å². The molecular formula is C21H18ClN3O4. The first-order valence-electron chi connectivity index (χ1n) is 8.64. The van der Waals surface area contributed by atoms with Gasteiger partial charge in [-0.1, -0.05) is 59.3 Å². The summed E-state index contributed by atoms with van der Waals surface area (Å²) in [4.78, 5) is 0. The van der Waals surface area contributed by atoms with Crippen LogP contribution in [0.4, 0.5) is 0 Å². The summed E-state index contributed by atoms with van der Waals surface area (Å²) in [5.41, 5.74) is 3.29. The molecule has 29 heavy (non-hydrogen) atoms. The first-order chi connectivity index (χ1) is 13.8. The molecule has 0 amide bonds. The van der Waals surface area contributed by atoms with Crippen LogP contribution in [-0.4, -0.2) is 9.78 Å². The Morgan fingerprint density at radius 1 is 0.724 bits per heavy atom. The Balaban J connectivity index is 0.000000431. The SMILES string of the molecule is Cc1nn(-c2ccccc2)c(-c2ccccc2)[n+]1-c1ccccc1.[O-][Cl+3]([O-])([O-])[O-]. The molecule has 0 unspecified atom stereocenters. The fraction of sp³-hybridized carbons (Fsp3) is 0.0476. The molecule has 1 heterocycles. The van der Waals surface area contributed by atoms with E-state index in [-0.39, 0.29) is 0 Å². The highest BCUT2D eigenvalue weighted by molar-refractivity contribution is 5.56. The molecule has 0 atom stereocenters. The van der Waals surface area contributed by atoms with Crippen LogP contribution in [0.15, 0.2) is 91.0 Å². The van der Waals surface area contributed by atoms with Crippen molar-refractivity contribution in [3.63, 3.8) is 0 Å². The highest BCUT2D eigenvalue weighted by atomic mass is 35.7. The van der Waals surface area contributed by atoms with Crippen molar-refractivity contribution in [2.45, 2.75) is 6.92 Å². The molecule has 0 N–H and O–H groups in total. The Morgan fingerprint density at radius 2 is 1.17 bits per heavy atom. The lowest BCUT2D eigenvalue weighted by Gasteiger charge is -2.17. The number of rotatable bonds is 3. The second-order valence-electron chi connectivity index (χ2n) is 6.03. The number of aryl methyl sites for hydroxylation is 1. The maximum absolute atomic E-state index is 8.49. The van der Waals surface area contributed by atoms with Crippen molar-refractivity contribution in [2.24, 2.45) is 0 Å². The van der Waals surface area contributed by atoms with Crippen LogP contribution in [0.5, 0.6) is 0 Å². The molecule has 0 radical (unpaired) electrons. The number of hydrogen-bond donors (Lipinski definition) is 0. The van der Waals surface area contributed by atoms with Crippen molar-refractivity contribution >= 4 is 0 Å². The fourth-order valence-corrected chi connectivity index (χ4v) is 2.96. The smallest absolute Gasteiger partial charge is 0.222 e. The van der Waals surface area contributed by atoms with Gasteiger partial charge in [0.2, 0.25) is 0 Å². The largest absolute Gasteiger partial charge is 0.280 e. The van der Waals surface area contributed by atoms with Crippen molar-refractivity contribution in [1.29, 1.82) is 0 Å². The van der Waals surface area contributed by atoms with Gasteiger partial charge in [-0.2, -0.15) is 4.57 Å². The van der Waals surface area contributed by atoms with Gasteiger partial charge in [0.1, 0.15) is 11.4 Å². The molecular weight excluding hydrogens is 394 g/mol. The molecule has 148 valence electrons. The quantitative estimate of drug-likeness (QED) is 0.416. The van der Waals surface area contributed by atoms with E-state index in [1.807, 2.05) is 41.9 Å². The van der Waals surface area contributed by atoms with Crippen LogP contribution in [-0.2, 0) is 0 Å². The average Bonchev–Trinajstić information content (AvgIpc) is 3.06. The highest BCUT2D eigenvalue weighted by Crippen LogP contribution is 2.21. The van der Waals surface area contributed by atoms with E-state index >= 15 is 0 Å². The second-order valence-corrected chi connectivity index (χ2v) is 6.79. The number of benzene rings is 3. The lowest BCUT2D eigenvalue weighted by molar-refractivity contribution is -2.00.